The first-order chi connectivity index (χ1) is 13.0. The molecule has 0 fully saturated rings. The van der Waals surface area contributed by atoms with Gasteiger partial charge in [-0.05, 0) is 43.9 Å². The van der Waals surface area contributed by atoms with Gasteiger partial charge in [-0.2, -0.15) is 0 Å². The van der Waals surface area contributed by atoms with Crippen LogP contribution in [-0.2, 0) is 25.5 Å². The standard InChI is InChI=1S/C23H28O4/c1-19-15-17-20(18-16-19)9-7-12-21(24)10-5-3-4-6-11-22(25)13-8-14-23(26)27-2/h3-6,10-11,15-18H,7-9,12-14H2,1-2H3/b4-3+,10-5+,11-6+. The number of benzene rings is 1. The summed E-state index contributed by atoms with van der Waals surface area (Å²) >= 11 is 0. The van der Waals surface area contributed by atoms with Gasteiger partial charge in [0.15, 0.2) is 11.6 Å². The molecule has 1 rings (SSSR count). The summed E-state index contributed by atoms with van der Waals surface area (Å²) in [5.74, 6) is -0.255. The van der Waals surface area contributed by atoms with E-state index >= 15 is 0 Å². The average molecular weight is 368 g/mol. The molecule has 0 unspecified atom stereocenters. The Morgan fingerprint density at radius 3 is 1.93 bits per heavy atom. The highest BCUT2D eigenvalue weighted by atomic mass is 16.5. The van der Waals surface area contributed by atoms with E-state index in [4.69, 9.17) is 0 Å². The predicted octanol–water partition coefficient (Wildman–Crippen LogP) is 4.47. The number of allylic oxidation sites excluding steroid dienone is 6. The molecule has 27 heavy (non-hydrogen) atoms. The molecule has 144 valence electrons. The lowest BCUT2D eigenvalue weighted by Gasteiger charge is -2.00. The molecule has 0 aliphatic rings. The van der Waals surface area contributed by atoms with E-state index in [2.05, 4.69) is 35.9 Å². The van der Waals surface area contributed by atoms with E-state index in [-0.39, 0.29) is 24.0 Å². The SMILES string of the molecule is COC(=O)CCCC(=O)/C=C/C=C/C=C/C(=O)CCCc1ccc(C)cc1. The molecule has 0 atom stereocenters. The Morgan fingerprint density at radius 1 is 0.815 bits per heavy atom. The zero-order valence-corrected chi connectivity index (χ0v) is 16.1. The maximum absolute atomic E-state index is 11.8. The van der Waals surface area contributed by atoms with E-state index in [1.807, 2.05) is 0 Å². The fourth-order valence-corrected chi connectivity index (χ4v) is 2.35. The Hall–Kier alpha value is -2.75. The Balaban J connectivity index is 2.18. The number of carbonyl (C=O) groups excluding carboxylic acids is 3. The number of carbonyl (C=O) groups is 3. The second-order valence-corrected chi connectivity index (χ2v) is 6.30. The first-order valence-electron chi connectivity index (χ1n) is 9.20. The molecule has 0 heterocycles. The van der Waals surface area contributed by atoms with E-state index in [0.29, 0.717) is 19.3 Å². The summed E-state index contributed by atoms with van der Waals surface area (Å²) in [6, 6.07) is 8.36. The molecular formula is C23H28O4. The van der Waals surface area contributed by atoms with E-state index in [1.165, 1.54) is 24.3 Å². The number of hydrogen-bond donors (Lipinski definition) is 0. The van der Waals surface area contributed by atoms with Crippen molar-refractivity contribution in [1.82, 2.24) is 0 Å². The molecule has 0 saturated heterocycles. The summed E-state index contributed by atoms with van der Waals surface area (Å²) in [6.07, 6.45) is 13.0. The number of rotatable bonds is 12. The lowest BCUT2D eigenvalue weighted by molar-refractivity contribution is -0.140. The van der Waals surface area contributed by atoms with Gasteiger partial charge in [-0.1, -0.05) is 54.1 Å². The molecule has 4 heteroatoms. The van der Waals surface area contributed by atoms with Gasteiger partial charge >= 0.3 is 5.97 Å². The molecular weight excluding hydrogens is 340 g/mol. The van der Waals surface area contributed by atoms with Crippen molar-refractivity contribution >= 4 is 17.5 Å². The van der Waals surface area contributed by atoms with Crippen molar-refractivity contribution < 1.29 is 19.1 Å². The summed E-state index contributed by atoms with van der Waals surface area (Å²) in [7, 11) is 1.33. The van der Waals surface area contributed by atoms with Gasteiger partial charge in [0.05, 0.1) is 7.11 Å². The highest BCUT2D eigenvalue weighted by molar-refractivity contribution is 5.90. The zero-order chi connectivity index (χ0) is 19.9. The van der Waals surface area contributed by atoms with Crippen LogP contribution in [0.1, 0.15) is 43.2 Å². The Morgan fingerprint density at radius 2 is 1.37 bits per heavy atom. The summed E-state index contributed by atoms with van der Waals surface area (Å²) in [5.41, 5.74) is 2.49. The van der Waals surface area contributed by atoms with Crippen molar-refractivity contribution in [3.8, 4) is 0 Å². The molecule has 0 aliphatic heterocycles. The van der Waals surface area contributed by atoms with Crippen LogP contribution in [0, 0.1) is 6.92 Å². The van der Waals surface area contributed by atoms with Crippen LogP contribution in [0.3, 0.4) is 0 Å². The molecule has 0 aromatic heterocycles. The highest BCUT2D eigenvalue weighted by Crippen LogP contribution is 2.07. The largest absolute Gasteiger partial charge is 0.469 e. The van der Waals surface area contributed by atoms with Gasteiger partial charge in [-0.15, -0.1) is 0 Å². The fourth-order valence-electron chi connectivity index (χ4n) is 2.35. The molecule has 0 spiro atoms. The van der Waals surface area contributed by atoms with Crippen LogP contribution in [-0.4, -0.2) is 24.6 Å². The van der Waals surface area contributed by atoms with E-state index < -0.39 is 0 Å². The summed E-state index contributed by atoms with van der Waals surface area (Å²) < 4.78 is 4.51. The van der Waals surface area contributed by atoms with Gasteiger partial charge in [0.2, 0.25) is 0 Å². The molecule has 0 amide bonds. The van der Waals surface area contributed by atoms with Gasteiger partial charge in [0.1, 0.15) is 0 Å². The molecule has 1 aromatic carbocycles. The van der Waals surface area contributed by atoms with Crippen LogP contribution in [0.2, 0.25) is 0 Å². The molecule has 0 N–H and O–H groups in total. The molecule has 0 saturated carbocycles. The smallest absolute Gasteiger partial charge is 0.305 e. The second kappa shape index (κ2) is 13.5. The Kier molecular flexibility index (Phi) is 11.1. The van der Waals surface area contributed by atoms with Gasteiger partial charge in [0.25, 0.3) is 0 Å². The van der Waals surface area contributed by atoms with Gasteiger partial charge in [-0.25, -0.2) is 0 Å². The molecule has 0 radical (unpaired) electrons. The third-order valence-corrected chi connectivity index (χ3v) is 3.94. The molecule has 1 aromatic rings. The minimum atomic E-state index is -0.305. The average Bonchev–Trinajstić information content (AvgIpc) is 2.66. The fraction of sp³-hybridized carbons (Fsp3) is 0.348. The van der Waals surface area contributed by atoms with Crippen molar-refractivity contribution in [2.75, 3.05) is 7.11 Å². The summed E-state index contributed by atoms with van der Waals surface area (Å²) in [5, 5.41) is 0. The van der Waals surface area contributed by atoms with Crippen molar-refractivity contribution in [3.63, 3.8) is 0 Å². The first kappa shape index (κ1) is 22.3. The third-order valence-electron chi connectivity index (χ3n) is 3.94. The van der Waals surface area contributed by atoms with Crippen LogP contribution < -0.4 is 0 Å². The maximum atomic E-state index is 11.8. The van der Waals surface area contributed by atoms with Crippen LogP contribution in [0.15, 0.2) is 60.7 Å². The minimum Gasteiger partial charge on any atom is -0.469 e. The summed E-state index contributed by atoms with van der Waals surface area (Å²) in [6.45, 7) is 2.06. The van der Waals surface area contributed by atoms with Crippen LogP contribution in [0.25, 0.3) is 0 Å². The number of ether oxygens (including phenoxy) is 1. The first-order valence-corrected chi connectivity index (χ1v) is 9.20. The molecule has 0 bridgehead atoms. The van der Waals surface area contributed by atoms with E-state index in [0.717, 1.165) is 12.8 Å². The van der Waals surface area contributed by atoms with Crippen molar-refractivity contribution in [3.05, 3.63) is 71.8 Å². The topological polar surface area (TPSA) is 60.4 Å². The van der Waals surface area contributed by atoms with Crippen LogP contribution in [0.4, 0.5) is 0 Å². The number of methoxy groups -OCH3 is 1. The predicted molar refractivity (Wildman–Crippen MR) is 107 cm³/mol. The quantitative estimate of drug-likeness (QED) is 0.310. The van der Waals surface area contributed by atoms with Gasteiger partial charge in [-0.3, -0.25) is 14.4 Å². The maximum Gasteiger partial charge on any atom is 0.305 e. The monoisotopic (exact) mass is 368 g/mol. The van der Waals surface area contributed by atoms with Gasteiger partial charge in [0, 0.05) is 19.3 Å². The Bertz CT molecular complexity index is 694. The van der Waals surface area contributed by atoms with Crippen LogP contribution in [0.5, 0.6) is 0 Å². The normalized spacial score (nSPS) is 11.5. The Labute approximate surface area is 161 Å². The third kappa shape index (κ3) is 11.5. The van der Waals surface area contributed by atoms with Crippen molar-refractivity contribution in [2.24, 2.45) is 0 Å². The van der Waals surface area contributed by atoms with Crippen molar-refractivity contribution in [1.29, 1.82) is 0 Å². The van der Waals surface area contributed by atoms with Crippen molar-refractivity contribution in [2.45, 2.75) is 45.4 Å². The lowest BCUT2D eigenvalue weighted by Crippen LogP contribution is -2.01. The highest BCUT2D eigenvalue weighted by Gasteiger charge is 2.02. The second-order valence-electron chi connectivity index (χ2n) is 6.30. The lowest BCUT2D eigenvalue weighted by atomic mass is 10.1. The summed E-state index contributed by atoms with van der Waals surface area (Å²) in [4.78, 5) is 34.3. The number of aryl methyl sites for hydroxylation is 2. The molecule has 0 aliphatic carbocycles. The van der Waals surface area contributed by atoms with E-state index in [1.54, 1.807) is 30.4 Å². The number of ketones is 2. The zero-order valence-electron chi connectivity index (χ0n) is 16.1. The minimum absolute atomic E-state index is 0.0419. The number of esters is 1. The van der Waals surface area contributed by atoms with Gasteiger partial charge < -0.3 is 4.74 Å². The van der Waals surface area contributed by atoms with Crippen LogP contribution >= 0.6 is 0 Å². The van der Waals surface area contributed by atoms with E-state index in [9.17, 15) is 14.4 Å². The molecule has 4 nitrogen and oxygen atoms in total. The number of hydrogen-bond acceptors (Lipinski definition) is 4.